The Morgan fingerprint density at radius 3 is 2.45 bits per heavy atom. The minimum absolute atomic E-state index is 0.0681. The molecule has 4 heteroatoms. The molecule has 20 heavy (non-hydrogen) atoms. The van der Waals surface area contributed by atoms with Crippen LogP contribution in [0.5, 0.6) is 0 Å². The third-order valence-electron chi connectivity index (χ3n) is 4.49. The molecule has 1 aliphatic rings. The zero-order valence-corrected chi connectivity index (χ0v) is 13.8. The van der Waals surface area contributed by atoms with Crippen LogP contribution in [-0.4, -0.2) is 0 Å². The summed E-state index contributed by atoms with van der Waals surface area (Å²) in [4.78, 5) is 0. The lowest BCUT2D eigenvalue weighted by molar-refractivity contribution is 0.156. The van der Waals surface area contributed by atoms with Gasteiger partial charge in [-0.1, -0.05) is 62.0 Å². The molecule has 0 aromatic heterocycles. The van der Waals surface area contributed by atoms with Crippen LogP contribution in [0, 0.1) is 11.3 Å². The average molecular weight is 315 g/mol. The molecule has 0 saturated heterocycles. The summed E-state index contributed by atoms with van der Waals surface area (Å²) in [7, 11) is 0. The van der Waals surface area contributed by atoms with Crippen LogP contribution in [0.4, 0.5) is 0 Å². The number of hydrazine groups is 1. The predicted octanol–water partition coefficient (Wildman–Crippen LogP) is 5.10. The maximum Gasteiger partial charge on any atom is 0.0640 e. The molecule has 0 aliphatic heterocycles. The molecule has 3 N–H and O–H groups in total. The molecule has 1 saturated carbocycles. The van der Waals surface area contributed by atoms with Crippen molar-refractivity contribution >= 4 is 23.2 Å². The zero-order valence-electron chi connectivity index (χ0n) is 12.3. The van der Waals surface area contributed by atoms with Gasteiger partial charge in [0.1, 0.15) is 0 Å². The Hall–Kier alpha value is -0.280. The molecule has 0 amide bonds. The fraction of sp³-hybridized carbons (Fsp3) is 0.625. The van der Waals surface area contributed by atoms with Gasteiger partial charge in [0, 0.05) is 0 Å². The highest BCUT2D eigenvalue weighted by Crippen LogP contribution is 2.52. The Morgan fingerprint density at radius 1 is 1.25 bits per heavy atom. The van der Waals surface area contributed by atoms with Gasteiger partial charge >= 0.3 is 0 Å². The average Bonchev–Trinajstić information content (AvgIpc) is 2.83. The second kappa shape index (κ2) is 6.65. The van der Waals surface area contributed by atoms with E-state index in [1.54, 1.807) is 0 Å². The summed E-state index contributed by atoms with van der Waals surface area (Å²) in [5, 5.41) is 1.23. The number of hydrogen-bond acceptors (Lipinski definition) is 2. The standard InChI is InChI=1S/C16H24Cl2N2/c1-11(2)10-16(8-3-4-9-16)15(20-19)12-6-5-7-13(17)14(12)18/h5-7,11,15,20H,3-4,8-10,19H2,1-2H3. The van der Waals surface area contributed by atoms with Gasteiger partial charge in [0.2, 0.25) is 0 Å². The summed E-state index contributed by atoms with van der Waals surface area (Å²) >= 11 is 12.6. The van der Waals surface area contributed by atoms with Crippen molar-refractivity contribution in [1.82, 2.24) is 5.43 Å². The molecule has 112 valence electrons. The summed E-state index contributed by atoms with van der Waals surface area (Å²) in [6.07, 6.45) is 6.09. The lowest BCUT2D eigenvalue weighted by Crippen LogP contribution is -2.41. The minimum atomic E-state index is 0.0681. The Bertz CT molecular complexity index is 454. The van der Waals surface area contributed by atoms with Gasteiger partial charge in [0.05, 0.1) is 16.1 Å². The lowest BCUT2D eigenvalue weighted by Gasteiger charge is -2.39. The second-order valence-corrected chi connectivity index (χ2v) is 7.20. The van der Waals surface area contributed by atoms with Crippen molar-refractivity contribution in [3.05, 3.63) is 33.8 Å². The van der Waals surface area contributed by atoms with Crippen LogP contribution in [0.2, 0.25) is 10.0 Å². The number of benzene rings is 1. The van der Waals surface area contributed by atoms with E-state index in [1.165, 1.54) is 25.7 Å². The molecular weight excluding hydrogens is 291 g/mol. The summed E-state index contributed by atoms with van der Waals surface area (Å²) in [5.74, 6) is 6.55. The number of halogens is 2. The van der Waals surface area contributed by atoms with Crippen molar-refractivity contribution in [3.63, 3.8) is 0 Å². The largest absolute Gasteiger partial charge is 0.271 e. The van der Waals surface area contributed by atoms with Gasteiger partial charge in [-0.2, -0.15) is 0 Å². The highest BCUT2D eigenvalue weighted by Gasteiger charge is 2.42. The predicted molar refractivity (Wildman–Crippen MR) is 86.9 cm³/mol. The SMILES string of the molecule is CC(C)CC1(C(NN)c2cccc(Cl)c2Cl)CCCC1. The summed E-state index contributed by atoms with van der Waals surface area (Å²) in [5.41, 5.74) is 4.25. The summed E-state index contributed by atoms with van der Waals surface area (Å²) < 4.78 is 0. The molecule has 1 unspecified atom stereocenters. The van der Waals surface area contributed by atoms with E-state index < -0.39 is 0 Å². The van der Waals surface area contributed by atoms with Gasteiger partial charge in [0.25, 0.3) is 0 Å². The first-order valence-corrected chi connectivity index (χ1v) is 8.16. The molecule has 2 rings (SSSR count). The van der Waals surface area contributed by atoms with Crippen LogP contribution >= 0.6 is 23.2 Å². The molecule has 1 aromatic rings. The Morgan fingerprint density at radius 2 is 1.90 bits per heavy atom. The highest BCUT2D eigenvalue weighted by atomic mass is 35.5. The molecule has 1 atom stereocenters. The zero-order chi connectivity index (χ0) is 14.8. The smallest absolute Gasteiger partial charge is 0.0640 e. The maximum atomic E-state index is 6.42. The molecule has 1 aromatic carbocycles. The fourth-order valence-corrected chi connectivity index (χ4v) is 4.26. The van der Waals surface area contributed by atoms with Gasteiger partial charge < -0.3 is 0 Å². The highest BCUT2D eigenvalue weighted by molar-refractivity contribution is 6.42. The van der Waals surface area contributed by atoms with E-state index in [-0.39, 0.29) is 11.5 Å². The van der Waals surface area contributed by atoms with Crippen molar-refractivity contribution in [2.75, 3.05) is 0 Å². The van der Waals surface area contributed by atoms with E-state index in [1.807, 2.05) is 18.2 Å². The van der Waals surface area contributed by atoms with Crippen molar-refractivity contribution in [3.8, 4) is 0 Å². The van der Waals surface area contributed by atoms with Gasteiger partial charge in [-0.15, -0.1) is 0 Å². The molecular formula is C16H24Cl2N2. The van der Waals surface area contributed by atoms with E-state index in [4.69, 9.17) is 29.0 Å². The number of rotatable bonds is 5. The minimum Gasteiger partial charge on any atom is -0.271 e. The summed E-state index contributed by atoms with van der Waals surface area (Å²) in [6.45, 7) is 4.54. The maximum absolute atomic E-state index is 6.42. The summed E-state index contributed by atoms with van der Waals surface area (Å²) in [6, 6.07) is 5.88. The number of nitrogens with two attached hydrogens (primary N) is 1. The van der Waals surface area contributed by atoms with E-state index in [2.05, 4.69) is 19.3 Å². The van der Waals surface area contributed by atoms with Crippen LogP contribution in [0.3, 0.4) is 0 Å². The first-order valence-electron chi connectivity index (χ1n) is 7.40. The van der Waals surface area contributed by atoms with E-state index >= 15 is 0 Å². The van der Waals surface area contributed by atoms with E-state index in [9.17, 15) is 0 Å². The number of nitrogens with one attached hydrogen (secondary N) is 1. The Labute approximate surface area is 132 Å². The van der Waals surface area contributed by atoms with Crippen molar-refractivity contribution in [1.29, 1.82) is 0 Å². The Balaban J connectivity index is 2.40. The molecule has 0 heterocycles. The quantitative estimate of drug-likeness (QED) is 0.586. The van der Waals surface area contributed by atoms with E-state index in [0.717, 1.165) is 12.0 Å². The van der Waals surface area contributed by atoms with Gasteiger partial charge in [0.15, 0.2) is 0 Å². The van der Waals surface area contributed by atoms with Crippen LogP contribution in [0.15, 0.2) is 18.2 Å². The van der Waals surface area contributed by atoms with Crippen LogP contribution < -0.4 is 11.3 Å². The van der Waals surface area contributed by atoms with Crippen molar-refractivity contribution in [2.45, 2.75) is 52.0 Å². The normalized spacial score (nSPS) is 19.5. The van der Waals surface area contributed by atoms with Crippen LogP contribution in [0.25, 0.3) is 0 Å². The second-order valence-electron chi connectivity index (χ2n) is 6.41. The van der Waals surface area contributed by atoms with Crippen LogP contribution in [0.1, 0.15) is 57.6 Å². The van der Waals surface area contributed by atoms with Crippen molar-refractivity contribution in [2.24, 2.45) is 17.2 Å². The third kappa shape index (κ3) is 3.14. The Kier molecular flexibility index (Phi) is 5.36. The molecule has 0 spiro atoms. The molecule has 1 aliphatic carbocycles. The lowest BCUT2D eigenvalue weighted by atomic mass is 9.70. The van der Waals surface area contributed by atoms with Gasteiger partial charge in [-0.25, -0.2) is 0 Å². The molecule has 2 nitrogen and oxygen atoms in total. The van der Waals surface area contributed by atoms with Gasteiger partial charge in [-0.3, -0.25) is 11.3 Å². The topological polar surface area (TPSA) is 38.0 Å². The third-order valence-corrected chi connectivity index (χ3v) is 5.32. The molecule has 1 fully saturated rings. The van der Waals surface area contributed by atoms with Crippen LogP contribution in [-0.2, 0) is 0 Å². The first kappa shape index (κ1) is 16.1. The monoisotopic (exact) mass is 314 g/mol. The van der Waals surface area contributed by atoms with Gasteiger partial charge in [-0.05, 0) is 42.2 Å². The number of hydrogen-bond donors (Lipinski definition) is 2. The van der Waals surface area contributed by atoms with E-state index in [0.29, 0.717) is 16.0 Å². The first-order chi connectivity index (χ1) is 9.50. The fourth-order valence-electron chi connectivity index (χ4n) is 3.84. The molecule has 0 radical (unpaired) electrons. The van der Waals surface area contributed by atoms with Crippen molar-refractivity contribution < 1.29 is 0 Å². The molecule has 0 bridgehead atoms.